The summed E-state index contributed by atoms with van der Waals surface area (Å²) in [7, 11) is 1.94. The molecule has 0 saturated heterocycles. The van der Waals surface area contributed by atoms with Gasteiger partial charge in [0.2, 0.25) is 0 Å². The second-order valence-corrected chi connectivity index (χ2v) is 4.95. The number of aryl methyl sites for hydroxylation is 2. The number of rotatable bonds is 3. The summed E-state index contributed by atoms with van der Waals surface area (Å²) >= 11 is 0. The Morgan fingerprint density at radius 2 is 2.39 bits per heavy atom. The van der Waals surface area contributed by atoms with Gasteiger partial charge in [-0.25, -0.2) is 0 Å². The molecule has 18 heavy (non-hydrogen) atoms. The maximum atomic E-state index is 5.81. The standard InChI is InChI=1S/C14H18N4/c1-18-9-10(8-17-18)7-16-14-5-2-11-6-12(15)3-4-13(11)14/h3-4,6,8-9,14,16H,2,5,7,15H2,1H3. The highest BCUT2D eigenvalue weighted by Crippen LogP contribution is 2.32. The predicted molar refractivity (Wildman–Crippen MR) is 72.0 cm³/mol. The van der Waals surface area contributed by atoms with Crippen LogP contribution < -0.4 is 11.1 Å². The molecule has 1 aromatic carbocycles. The zero-order chi connectivity index (χ0) is 12.5. The van der Waals surface area contributed by atoms with Crippen molar-refractivity contribution in [2.24, 2.45) is 7.05 Å². The van der Waals surface area contributed by atoms with Gasteiger partial charge >= 0.3 is 0 Å². The molecule has 94 valence electrons. The van der Waals surface area contributed by atoms with E-state index >= 15 is 0 Å². The van der Waals surface area contributed by atoms with Crippen molar-refractivity contribution < 1.29 is 0 Å². The fourth-order valence-corrected chi connectivity index (χ4v) is 2.65. The number of fused-ring (bicyclic) bond motifs is 1. The van der Waals surface area contributed by atoms with Crippen LogP contribution in [0.3, 0.4) is 0 Å². The predicted octanol–water partition coefficient (Wildman–Crippen LogP) is 1.78. The van der Waals surface area contributed by atoms with Gasteiger partial charge in [0, 0.05) is 37.1 Å². The Morgan fingerprint density at radius 1 is 1.50 bits per heavy atom. The molecule has 1 unspecified atom stereocenters. The molecule has 1 aliphatic rings. The van der Waals surface area contributed by atoms with Gasteiger partial charge in [-0.05, 0) is 36.1 Å². The minimum Gasteiger partial charge on any atom is -0.399 e. The zero-order valence-electron chi connectivity index (χ0n) is 10.6. The first-order valence-corrected chi connectivity index (χ1v) is 6.31. The third-order valence-corrected chi connectivity index (χ3v) is 3.56. The van der Waals surface area contributed by atoms with Crippen LogP contribution in [0.2, 0.25) is 0 Å². The third kappa shape index (κ3) is 2.11. The normalized spacial score (nSPS) is 17.9. The molecule has 3 rings (SSSR count). The lowest BCUT2D eigenvalue weighted by molar-refractivity contribution is 0.530. The summed E-state index contributed by atoms with van der Waals surface area (Å²) in [5.41, 5.74) is 10.7. The fraction of sp³-hybridized carbons (Fsp3) is 0.357. The van der Waals surface area contributed by atoms with E-state index < -0.39 is 0 Å². The van der Waals surface area contributed by atoms with Crippen LogP contribution in [-0.4, -0.2) is 9.78 Å². The number of hydrogen-bond donors (Lipinski definition) is 2. The summed E-state index contributed by atoms with van der Waals surface area (Å²) in [6.07, 6.45) is 6.22. The van der Waals surface area contributed by atoms with Crippen molar-refractivity contribution in [2.75, 3.05) is 5.73 Å². The first-order valence-electron chi connectivity index (χ1n) is 6.31. The number of nitrogens with two attached hydrogens (primary N) is 1. The van der Waals surface area contributed by atoms with E-state index in [-0.39, 0.29) is 0 Å². The SMILES string of the molecule is Cn1cc(CNC2CCc3cc(N)ccc32)cn1. The van der Waals surface area contributed by atoms with E-state index in [0.29, 0.717) is 6.04 Å². The molecular formula is C14H18N4. The van der Waals surface area contributed by atoms with Gasteiger partial charge in [-0.2, -0.15) is 5.10 Å². The molecule has 1 aliphatic carbocycles. The molecule has 0 radical (unpaired) electrons. The summed E-state index contributed by atoms with van der Waals surface area (Å²) < 4.78 is 1.83. The molecule has 1 heterocycles. The fourth-order valence-electron chi connectivity index (χ4n) is 2.65. The van der Waals surface area contributed by atoms with Crippen molar-refractivity contribution >= 4 is 5.69 Å². The summed E-state index contributed by atoms with van der Waals surface area (Å²) in [6, 6.07) is 6.68. The number of aromatic nitrogens is 2. The smallest absolute Gasteiger partial charge is 0.0534 e. The number of hydrogen-bond acceptors (Lipinski definition) is 3. The molecule has 0 bridgehead atoms. The number of benzene rings is 1. The molecule has 0 spiro atoms. The van der Waals surface area contributed by atoms with E-state index in [1.165, 1.54) is 16.7 Å². The van der Waals surface area contributed by atoms with E-state index in [1.54, 1.807) is 0 Å². The van der Waals surface area contributed by atoms with E-state index in [9.17, 15) is 0 Å². The zero-order valence-corrected chi connectivity index (χ0v) is 10.6. The monoisotopic (exact) mass is 242 g/mol. The highest BCUT2D eigenvalue weighted by atomic mass is 15.2. The van der Waals surface area contributed by atoms with E-state index in [1.807, 2.05) is 30.2 Å². The first-order chi connectivity index (χ1) is 8.72. The van der Waals surface area contributed by atoms with Crippen LogP contribution >= 0.6 is 0 Å². The highest BCUT2D eigenvalue weighted by molar-refractivity contribution is 5.47. The Balaban J connectivity index is 1.69. The van der Waals surface area contributed by atoms with Crippen LogP contribution in [0, 0.1) is 0 Å². The van der Waals surface area contributed by atoms with Gasteiger partial charge in [0.25, 0.3) is 0 Å². The lowest BCUT2D eigenvalue weighted by Crippen LogP contribution is -2.18. The van der Waals surface area contributed by atoms with Gasteiger partial charge in [-0.1, -0.05) is 6.07 Å². The molecule has 0 saturated carbocycles. The molecule has 0 fully saturated rings. The molecule has 0 amide bonds. The van der Waals surface area contributed by atoms with Crippen LogP contribution in [0.5, 0.6) is 0 Å². The number of anilines is 1. The quantitative estimate of drug-likeness (QED) is 0.807. The highest BCUT2D eigenvalue weighted by Gasteiger charge is 2.21. The molecule has 1 atom stereocenters. The van der Waals surface area contributed by atoms with Gasteiger partial charge in [-0.3, -0.25) is 4.68 Å². The maximum Gasteiger partial charge on any atom is 0.0534 e. The molecule has 1 aromatic heterocycles. The Morgan fingerprint density at radius 3 is 3.17 bits per heavy atom. The van der Waals surface area contributed by atoms with E-state index in [2.05, 4.69) is 22.5 Å². The number of nitrogens with one attached hydrogen (secondary N) is 1. The van der Waals surface area contributed by atoms with Gasteiger partial charge < -0.3 is 11.1 Å². The Kier molecular flexibility index (Phi) is 2.80. The van der Waals surface area contributed by atoms with Crippen LogP contribution in [0.1, 0.15) is 29.2 Å². The van der Waals surface area contributed by atoms with Crippen LogP contribution in [-0.2, 0) is 20.0 Å². The van der Waals surface area contributed by atoms with Crippen molar-refractivity contribution in [3.8, 4) is 0 Å². The topological polar surface area (TPSA) is 55.9 Å². The molecule has 4 heteroatoms. The van der Waals surface area contributed by atoms with Gasteiger partial charge in [-0.15, -0.1) is 0 Å². The van der Waals surface area contributed by atoms with Crippen LogP contribution in [0.4, 0.5) is 5.69 Å². The molecule has 2 aromatic rings. The molecular weight excluding hydrogens is 224 g/mol. The summed E-state index contributed by atoms with van der Waals surface area (Å²) in [5.74, 6) is 0. The molecule has 4 nitrogen and oxygen atoms in total. The van der Waals surface area contributed by atoms with Crippen molar-refractivity contribution in [1.82, 2.24) is 15.1 Å². The lowest BCUT2D eigenvalue weighted by Gasteiger charge is -2.13. The second-order valence-electron chi connectivity index (χ2n) is 4.95. The van der Waals surface area contributed by atoms with E-state index in [0.717, 1.165) is 25.1 Å². The van der Waals surface area contributed by atoms with Gasteiger partial charge in [0.05, 0.1) is 6.20 Å². The summed E-state index contributed by atoms with van der Waals surface area (Å²) in [4.78, 5) is 0. The maximum absolute atomic E-state index is 5.81. The van der Waals surface area contributed by atoms with Crippen molar-refractivity contribution in [2.45, 2.75) is 25.4 Å². The first kappa shape index (κ1) is 11.3. The second kappa shape index (κ2) is 4.46. The minimum absolute atomic E-state index is 0.445. The number of nitrogen functional groups attached to an aromatic ring is 1. The third-order valence-electron chi connectivity index (χ3n) is 3.56. The summed E-state index contributed by atoms with van der Waals surface area (Å²) in [5, 5.41) is 7.77. The summed E-state index contributed by atoms with van der Waals surface area (Å²) in [6.45, 7) is 0.863. The van der Waals surface area contributed by atoms with Crippen molar-refractivity contribution in [1.29, 1.82) is 0 Å². The lowest BCUT2D eigenvalue weighted by atomic mass is 10.1. The molecule has 3 N–H and O–H groups in total. The Hall–Kier alpha value is -1.81. The van der Waals surface area contributed by atoms with Crippen molar-refractivity contribution in [3.05, 3.63) is 47.3 Å². The molecule has 0 aliphatic heterocycles. The Bertz CT molecular complexity index is 559. The van der Waals surface area contributed by atoms with Crippen molar-refractivity contribution in [3.63, 3.8) is 0 Å². The Labute approximate surface area is 107 Å². The average Bonchev–Trinajstić information content (AvgIpc) is 2.92. The van der Waals surface area contributed by atoms with Gasteiger partial charge in [0.15, 0.2) is 0 Å². The largest absolute Gasteiger partial charge is 0.399 e. The number of nitrogens with zero attached hydrogens (tertiary/aromatic N) is 2. The van der Waals surface area contributed by atoms with E-state index in [4.69, 9.17) is 5.73 Å². The van der Waals surface area contributed by atoms with Crippen LogP contribution in [0.25, 0.3) is 0 Å². The van der Waals surface area contributed by atoms with Gasteiger partial charge in [0.1, 0.15) is 0 Å². The average molecular weight is 242 g/mol. The minimum atomic E-state index is 0.445. The van der Waals surface area contributed by atoms with Crippen LogP contribution in [0.15, 0.2) is 30.6 Å².